The largest absolute Gasteiger partial charge is 0.475 e. The Bertz CT molecular complexity index is 1570. The van der Waals surface area contributed by atoms with Crippen molar-refractivity contribution in [2.45, 2.75) is 32.7 Å². The molecule has 3 heterocycles. The highest BCUT2D eigenvalue weighted by Crippen LogP contribution is 2.38. The highest BCUT2D eigenvalue weighted by Gasteiger charge is 2.30. The molecule has 2 N–H and O–H groups in total. The maximum Gasteiger partial charge on any atom is 0.371 e. The lowest BCUT2D eigenvalue weighted by molar-refractivity contribution is 0.0660. The molecular weight excluding hydrogens is 438 g/mol. The molecule has 1 aliphatic carbocycles. The summed E-state index contributed by atoms with van der Waals surface area (Å²) in [5.41, 5.74) is 2.59. The third-order valence-electron chi connectivity index (χ3n) is 5.82. The van der Waals surface area contributed by atoms with Gasteiger partial charge in [0.05, 0.1) is 18.2 Å². The summed E-state index contributed by atoms with van der Waals surface area (Å²) in [6.07, 6.45) is 5.86. The lowest BCUT2D eigenvalue weighted by atomic mass is 9.87. The van der Waals surface area contributed by atoms with Crippen molar-refractivity contribution in [2.75, 3.05) is 0 Å². The molecule has 1 unspecified atom stereocenters. The van der Waals surface area contributed by atoms with E-state index in [0.29, 0.717) is 29.3 Å². The smallest absolute Gasteiger partial charge is 0.371 e. The van der Waals surface area contributed by atoms with Crippen molar-refractivity contribution in [1.29, 1.82) is 0 Å². The van der Waals surface area contributed by atoms with Crippen molar-refractivity contribution in [1.82, 2.24) is 14.5 Å². The van der Waals surface area contributed by atoms with Gasteiger partial charge in [0, 0.05) is 18.2 Å². The molecule has 0 saturated carbocycles. The topological polar surface area (TPSA) is 131 Å². The zero-order valence-electron chi connectivity index (χ0n) is 18.5. The molecule has 0 bridgehead atoms. The number of aromatic carboxylic acids is 1. The minimum absolute atomic E-state index is 0.0481. The molecule has 9 nitrogen and oxygen atoms in total. The Labute approximate surface area is 193 Å². The molecule has 4 aromatic rings. The third-order valence-corrected chi connectivity index (χ3v) is 5.82. The van der Waals surface area contributed by atoms with Crippen LogP contribution in [0.4, 0.5) is 0 Å². The number of aromatic amines is 1. The number of benzene rings is 1. The van der Waals surface area contributed by atoms with Gasteiger partial charge in [0.1, 0.15) is 5.76 Å². The summed E-state index contributed by atoms with van der Waals surface area (Å²) in [4.78, 5) is 43.8. The Hall–Kier alpha value is -4.40. The molecule has 0 saturated heterocycles. The van der Waals surface area contributed by atoms with Gasteiger partial charge < -0.3 is 13.9 Å². The number of H-pyrrole nitrogens is 1. The van der Waals surface area contributed by atoms with Gasteiger partial charge in [0.15, 0.2) is 11.7 Å². The summed E-state index contributed by atoms with van der Waals surface area (Å²) in [5, 5.41) is 9.09. The lowest BCUT2D eigenvalue weighted by Crippen LogP contribution is -2.33. The third kappa shape index (κ3) is 3.71. The monoisotopic (exact) mass is 459 g/mol. The molecule has 172 valence electrons. The molecular formula is C25H21N3O6. The van der Waals surface area contributed by atoms with Gasteiger partial charge in [-0.1, -0.05) is 36.8 Å². The van der Waals surface area contributed by atoms with E-state index in [2.05, 4.69) is 9.97 Å². The van der Waals surface area contributed by atoms with E-state index in [-0.39, 0.29) is 18.1 Å². The van der Waals surface area contributed by atoms with E-state index in [1.165, 1.54) is 22.9 Å². The molecule has 34 heavy (non-hydrogen) atoms. The Morgan fingerprint density at radius 3 is 2.71 bits per heavy atom. The van der Waals surface area contributed by atoms with Crippen molar-refractivity contribution >= 4 is 18.1 Å². The van der Waals surface area contributed by atoms with Crippen LogP contribution in [-0.2, 0) is 13.0 Å². The van der Waals surface area contributed by atoms with Crippen molar-refractivity contribution in [3.05, 3.63) is 108 Å². The molecule has 0 aliphatic heterocycles. The summed E-state index contributed by atoms with van der Waals surface area (Å²) in [6.45, 7) is 3.87. The van der Waals surface area contributed by atoms with Gasteiger partial charge in [0.2, 0.25) is 5.76 Å². The first-order valence-corrected chi connectivity index (χ1v) is 10.8. The molecule has 0 fully saturated rings. The zero-order chi connectivity index (χ0) is 24.0. The van der Waals surface area contributed by atoms with Crippen LogP contribution in [0.15, 0.2) is 55.0 Å². The fraction of sp³-hybridized carbons (Fsp3) is 0.200. The Kier molecular flexibility index (Phi) is 5.16. The van der Waals surface area contributed by atoms with Crippen molar-refractivity contribution in [3.8, 4) is 0 Å². The number of aryl methyl sites for hydroxylation is 2. The maximum atomic E-state index is 13.1. The quantitative estimate of drug-likeness (QED) is 0.412. The average Bonchev–Trinajstić information content (AvgIpc) is 3.41. The van der Waals surface area contributed by atoms with Crippen LogP contribution in [0.5, 0.6) is 0 Å². The number of furan rings is 1. The lowest BCUT2D eigenvalue weighted by Gasteiger charge is -2.18. The summed E-state index contributed by atoms with van der Waals surface area (Å²) in [5.74, 6) is -0.630. The second kappa shape index (κ2) is 8.18. The van der Waals surface area contributed by atoms with E-state index < -0.39 is 23.1 Å². The molecule has 0 radical (unpaired) electrons. The van der Waals surface area contributed by atoms with Gasteiger partial charge in [-0.05, 0) is 36.3 Å². The molecule has 1 aliphatic rings. The number of hydrogen-bond donors (Lipinski definition) is 2. The number of rotatable bonds is 5. The molecule has 0 amide bonds. The van der Waals surface area contributed by atoms with Gasteiger partial charge in [-0.2, -0.15) is 0 Å². The number of carboxylic acid groups (broad SMARTS) is 1. The molecule has 0 spiro atoms. The fourth-order valence-corrected chi connectivity index (χ4v) is 4.19. The first-order valence-electron chi connectivity index (χ1n) is 10.8. The van der Waals surface area contributed by atoms with Crippen LogP contribution in [0, 0.1) is 6.92 Å². The van der Waals surface area contributed by atoms with E-state index in [1.807, 2.05) is 44.2 Å². The van der Waals surface area contributed by atoms with E-state index >= 15 is 0 Å². The van der Waals surface area contributed by atoms with Crippen molar-refractivity contribution < 1.29 is 18.7 Å². The zero-order valence-corrected chi connectivity index (χ0v) is 18.5. The number of oxazole rings is 1. The first-order chi connectivity index (χ1) is 16.3. The number of fused-ring (bicyclic) bond motifs is 2. The molecule has 1 atom stereocenters. The Morgan fingerprint density at radius 1 is 1.15 bits per heavy atom. The van der Waals surface area contributed by atoms with Gasteiger partial charge in [-0.3, -0.25) is 14.3 Å². The number of carboxylic acids is 1. The summed E-state index contributed by atoms with van der Waals surface area (Å²) >= 11 is 0. The molecule has 5 rings (SSSR count). The van der Waals surface area contributed by atoms with Crippen LogP contribution >= 0.6 is 0 Å². The minimum atomic E-state index is -1.20. The Balaban J connectivity index is 1.68. The summed E-state index contributed by atoms with van der Waals surface area (Å²) < 4.78 is 12.5. The van der Waals surface area contributed by atoms with Crippen LogP contribution in [-0.4, -0.2) is 25.6 Å². The number of nitrogens with zero attached hydrogens (tertiary/aromatic N) is 2. The second-order valence-electron chi connectivity index (χ2n) is 8.15. The predicted octanol–water partition coefficient (Wildman–Crippen LogP) is 3.40. The van der Waals surface area contributed by atoms with E-state index in [4.69, 9.17) is 13.9 Å². The van der Waals surface area contributed by atoms with E-state index in [0.717, 1.165) is 16.7 Å². The molecule has 9 heteroatoms. The van der Waals surface area contributed by atoms with Crippen molar-refractivity contribution in [3.63, 3.8) is 0 Å². The average molecular weight is 459 g/mol. The minimum Gasteiger partial charge on any atom is -0.475 e. The number of carbonyl (C=O) groups is 1. The standard InChI is InChI=1S/C25H21N3O6/c1-3-20-26-22-18(34-20)8-5-14-10-13(2)4-7-16(14)21(22)17-12-28(25(32)27-23(17)29)11-15-6-9-19(33-15)24(30)31/h4-10,12,21H,3,11H2,1-2H3,(H,30,31)(H,27,29,32). The summed E-state index contributed by atoms with van der Waals surface area (Å²) in [7, 11) is 0. The van der Waals surface area contributed by atoms with Crippen LogP contribution in [0.2, 0.25) is 0 Å². The SMILES string of the molecule is CCc1nc2c(o1)C=Cc1cc(C)ccc1C2c1cn(Cc2ccc(C(=O)O)o2)c(=O)[nH]c1=O. The summed E-state index contributed by atoms with van der Waals surface area (Å²) in [6, 6.07) is 8.74. The Morgan fingerprint density at radius 2 is 1.97 bits per heavy atom. The number of hydrogen-bond acceptors (Lipinski definition) is 6. The number of nitrogens with one attached hydrogen (secondary N) is 1. The van der Waals surface area contributed by atoms with Crippen molar-refractivity contribution in [2.24, 2.45) is 0 Å². The molecule has 3 aromatic heterocycles. The first kappa shape index (κ1) is 21.4. The fourth-order valence-electron chi connectivity index (χ4n) is 4.19. The van der Waals surface area contributed by atoms with Crippen LogP contribution < -0.4 is 11.2 Å². The van der Waals surface area contributed by atoms with Gasteiger partial charge >= 0.3 is 11.7 Å². The highest BCUT2D eigenvalue weighted by atomic mass is 16.4. The normalized spacial score (nSPS) is 14.5. The highest BCUT2D eigenvalue weighted by molar-refractivity contribution is 5.84. The predicted molar refractivity (Wildman–Crippen MR) is 123 cm³/mol. The molecule has 1 aromatic carbocycles. The van der Waals surface area contributed by atoms with E-state index in [1.54, 1.807) is 0 Å². The van der Waals surface area contributed by atoms with Gasteiger partial charge in [-0.25, -0.2) is 14.6 Å². The maximum absolute atomic E-state index is 13.1. The number of aromatic nitrogens is 3. The van der Waals surface area contributed by atoms with Crippen LogP contribution in [0.25, 0.3) is 12.2 Å². The van der Waals surface area contributed by atoms with Crippen LogP contribution in [0.1, 0.15) is 68.8 Å². The second-order valence-corrected chi connectivity index (χ2v) is 8.15. The van der Waals surface area contributed by atoms with E-state index in [9.17, 15) is 14.4 Å². The van der Waals surface area contributed by atoms with Gasteiger partial charge in [0.25, 0.3) is 5.56 Å². The van der Waals surface area contributed by atoms with Crippen LogP contribution in [0.3, 0.4) is 0 Å². The van der Waals surface area contributed by atoms with Gasteiger partial charge in [-0.15, -0.1) is 0 Å².